The standard InChI is InChI=1S/C22H19N3O5/c1-13(10-20(26)23-15-7-9-18-19(11-15)30-12-29-18)24-25-22(28)17-8-6-14-4-2-3-5-16(14)21(17)27/h2-9,11,27H,10,12H2,1H3,(H,23,26)(H,25,28)/b24-13-. The zero-order valence-electron chi connectivity index (χ0n) is 16.1. The molecule has 1 aliphatic rings. The average molecular weight is 405 g/mol. The van der Waals surface area contributed by atoms with E-state index in [-0.39, 0.29) is 30.4 Å². The molecule has 3 aromatic rings. The molecule has 30 heavy (non-hydrogen) atoms. The predicted molar refractivity (Wildman–Crippen MR) is 112 cm³/mol. The van der Waals surface area contributed by atoms with Crippen LogP contribution in [-0.2, 0) is 4.79 Å². The molecule has 1 heterocycles. The smallest absolute Gasteiger partial charge is 0.275 e. The van der Waals surface area contributed by atoms with Crippen LogP contribution in [0.25, 0.3) is 10.8 Å². The number of hydrogen-bond donors (Lipinski definition) is 3. The SMILES string of the molecule is C/C(CC(=O)Nc1ccc2c(c1)OCO2)=N/NC(=O)c1ccc2ccccc2c1O. The summed E-state index contributed by atoms with van der Waals surface area (Å²) in [5, 5.41) is 18.5. The number of nitrogens with zero attached hydrogens (tertiary/aromatic N) is 1. The van der Waals surface area contributed by atoms with Crippen molar-refractivity contribution in [2.45, 2.75) is 13.3 Å². The summed E-state index contributed by atoms with van der Waals surface area (Å²) < 4.78 is 10.5. The van der Waals surface area contributed by atoms with Gasteiger partial charge < -0.3 is 19.9 Å². The number of rotatable bonds is 5. The first kappa shape index (κ1) is 19.3. The molecule has 3 aromatic carbocycles. The molecule has 0 saturated heterocycles. The van der Waals surface area contributed by atoms with E-state index in [9.17, 15) is 14.7 Å². The van der Waals surface area contributed by atoms with Crippen LogP contribution < -0.4 is 20.2 Å². The summed E-state index contributed by atoms with van der Waals surface area (Å²) in [7, 11) is 0. The average Bonchev–Trinajstić information content (AvgIpc) is 3.20. The number of carbonyl (C=O) groups excluding carboxylic acids is 2. The van der Waals surface area contributed by atoms with Crippen molar-refractivity contribution >= 4 is 34.0 Å². The summed E-state index contributed by atoms with van der Waals surface area (Å²) in [5.41, 5.74) is 3.46. The van der Waals surface area contributed by atoms with Gasteiger partial charge in [-0.15, -0.1) is 0 Å². The zero-order valence-corrected chi connectivity index (χ0v) is 16.1. The van der Waals surface area contributed by atoms with Crippen molar-refractivity contribution in [3.05, 3.63) is 60.2 Å². The maximum Gasteiger partial charge on any atom is 0.275 e. The van der Waals surface area contributed by atoms with Crippen molar-refractivity contribution in [1.82, 2.24) is 5.43 Å². The van der Waals surface area contributed by atoms with E-state index in [2.05, 4.69) is 15.8 Å². The zero-order chi connectivity index (χ0) is 21.1. The molecular weight excluding hydrogens is 386 g/mol. The van der Waals surface area contributed by atoms with Crippen LogP contribution in [0.2, 0.25) is 0 Å². The molecule has 0 saturated carbocycles. The van der Waals surface area contributed by atoms with Crippen LogP contribution >= 0.6 is 0 Å². The lowest BCUT2D eigenvalue weighted by Gasteiger charge is -2.08. The van der Waals surface area contributed by atoms with E-state index in [0.29, 0.717) is 28.3 Å². The first-order valence-corrected chi connectivity index (χ1v) is 9.25. The van der Waals surface area contributed by atoms with Gasteiger partial charge in [0.25, 0.3) is 5.91 Å². The third-order valence-electron chi connectivity index (χ3n) is 4.57. The number of ether oxygens (including phenoxy) is 2. The molecular formula is C22H19N3O5. The number of carbonyl (C=O) groups is 2. The number of hydrogen-bond acceptors (Lipinski definition) is 6. The Bertz CT molecular complexity index is 1170. The fraction of sp³-hybridized carbons (Fsp3) is 0.136. The summed E-state index contributed by atoms with van der Waals surface area (Å²) >= 11 is 0. The maximum atomic E-state index is 12.4. The third-order valence-corrected chi connectivity index (χ3v) is 4.57. The van der Waals surface area contributed by atoms with E-state index in [1.165, 1.54) is 6.07 Å². The Morgan fingerprint density at radius 1 is 1.07 bits per heavy atom. The fourth-order valence-electron chi connectivity index (χ4n) is 3.10. The van der Waals surface area contributed by atoms with E-state index in [4.69, 9.17) is 9.47 Å². The summed E-state index contributed by atoms with van der Waals surface area (Å²) in [4.78, 5) is 24.6. The minimum atomic E-state index is -0.561. The summed E-state index contributed by atoms with van der Waals surface area (Å²) in [6.07, 6.45) is -0.0155. The predicted octanol–water partition coefficient (Wildman–Crippen LogP) is 3.41. The van der Waals surface area contributed by atoms with E-state index in [1.54, 1.807) is 43.3 Å². The van der Waals surface area contributed by atoms with Gasteiger partial charge in [0, 0.05) is 22.9 Å². The second-order valence-electron chi connectivity index (χ2n) is 6.76. The van der Waals surface area contributed by atoms with Crippen LogP contribution in [-0.4, -0.2) is 29.4 Å². The van der Waals surface area contributed by atoms with Crippen LogP contribution in [0.4, 0.5) is 5.69 Å². The summed E-state index contributed by atoms with van der Waals surface area (Å²) in [5.74, 6) is 0.233. The molecule has 1 aliphatic heterocycles. The Hall–Kier alpha value is -4.07. The number of anilines is 1. The third kappa shape index (κ3) is 4.02. The van der Waals surface area contributed by atoms with Crippen LogP contribution in [0.15, 0.2) is 59.7 Å². The Kier molecular flexibility index (Phi) is 5.21. The lowest BCUT2D eigenvalue weighted by Crippen LogP contribution is -2.21. The molecule has 0 spiro atoms. The topological polar surface area (TPSA) is 109 Å². The van der Waals surface area contributed by atoms with E-state index >= 15 is 0 Å². The van der Waals surface area contributed by atoms with Gasteiger partial charge in [-0.2, -0.15) is 5.10 Å². The molecule has 0 bridgehead atoms. The number of hydrazone groups is 1. The van der Waals surface area contributed by atoms with Gasteiger partial charge in [0.05, 0.1) is 12.0 Å². The summed E-state index contributed by atoms with van der Waals surface area (Å²) in [6, 6.07) is 15.6. The molecule has 0 unspecified atom stereocenters. The normalized spacial score (nSPS) is 12.6. The molecule has 8 heteroatoms. The lowest BCUT2D eigenvalue weighted by atomic mass is 10.1. The van der Waals surface area contributed by atoms with Crippen molar-refractivity contribution in [2.24, 2.45) is 5.10 Å². The van der Waals surface area contributed by atoms with Crippen LogP contribution in [0.5, 0.6) is 17.2 Å². The fourth-order valence-corrected chi connectivity index (χ4v) is 3.10. The largest absolute Gasteiger partial charge is 0.506 e. The van der Waals surface area contributed by atoms with Crippen molar-refractivity contribution < 1.29 is 24.2 Å². The molecule has 8 nitrogen and oxygen atoms in total. The minimum Gasteiger partial charge on any atom is -0.506 e. The van der Waals surface area contributed by atoms with Gasteiger partial charge in [0.1, 0.15) is 5.75 Å². The minimum absolute atomic E-state index is 0.0155. The number of phenolic OH excluding ortho intramolecular Hbond substituents is 1. The Morgan fingerprint density at radius 3 is 2.73 bits per heavy atom. The second kappa shape index (κ2) is 8.12. The first-order valence-electron chi connectivity index (χ1n) is 9.25. The monoisotopic (exact) mass is 405 g/mol. The van der Waals surface area contributed by atoms with Crippen LogP contribution in [0, 0.1) is 0 Å². The molecule has 3 N–H and O–H groups in total. The number of aromatic hydroxyl groups is 1. The van der Waals surface area contributed by atoms with Crippen LogP contribution in [0.1, 0.15) is 23.7 Å². The molecule has 2 amide bonds. The first-order chi connectivity index (χ1) is 14.5. The number of benzene rings is 3. The van der Waals surface area contributed by atoms with Crippen molar-refractivity contribution in [2.75, 3.05) is 12.1 Å². The Morgan fingerprint density at radius 2 is 1.87 bits per heavy atom. The maximum absolute atomic E-state index is 12.4. The van der Waals surface area contributed by atoms with E-state index < -0.39 is 5.91 Å². The van der Waals surface area contributed by atoms with Gasteiger partial charge in [-0.05, 0) is 30.5 Å². The van der Waals surface area contributed by atoms with E-state index in [0.717, 1.165) is 5.39 Å². The molecule has 152 valence electrons. The van der Waals surface area contributed by atoms with Crippen molar-refractivity contribution in [3.63, 3.8) is 0 Å². The number of phenols is 1. The van der Waals surface area contributed by atoms with Gasteiger partial charge in [-0.25, -0.2) is 5.43 Å². The molecule has 0 radical (unpaired) electrons. The summed E-state index contributed by atoms with van der Waals surface area (Å²) in [6.45, 7) is 1.78. The number of amides is 2. The molecule has 0 aliphatic carbocycles. The highest BCUT2D eigenvalue weighted by Gasteiger charge is 2.15. The quantitative estimate of drug-likeness (QED) is 0.445. The molecule has 0 fully saturated rings. The molecule has 0 aromatic heterocycles. The number of nitrogens with one attached hydrogen (secondary N) is 2. The van der Waals surface area contributed by atoms with Crippen molar-refractivity contribution in [1.29, 1.82) is 0 Å². The second-order valence-corrected chi connectivity index (χ2v) is 6.76. The van der Waals surface area contributed by atoms with Gasteiger partial charge in [0.2, 0.25) is 12.7 Å². The Balaban J connectivity index is 1.37. The highest BCUT2D eigenvalue weighted by Crippen LogP contribution is 2.34. The highest BCUT2D eigenvalue weighted by atomic mass is 16.7. The highest BCUT2D eigenvalue weighted by molar-refractivity contribution is 6.07. The van der Waals surface area contributed by atoms with Gasteiger partial charge in [-0.1, -0.05) is 30.3 Å². The molecule has 4 rings (SSSR count). The van der Waals surface area contributed by atoms with E-state index in [1.807, 2.05) is 12.1 Å². The van der Waals surface area contributed by atoms with Gasteiger partial charge in [-0.3, -0.25) is 9.59 Å². The molecule has 0 atom stereocenters. The van der Waals surface area contributed by atoms with Gasteiger partial charge >= 0.3 is 0 Å². The van der Waals surface area contributed by atoms with Crippen molar-refractivity contribution in [3.8, 4) is 17.2 Å². The van der Waals surface area contributed by atoms with Gasteiger partial charge in [0.15, 0.2) is 11.5 Å². The number of fused-ring (bicyclic) bond motifs is 2. The Labute approximate surface area is 172 Å². The lowest BCUT2D eigenvalue weighted by molar-refractivity contribution is -0.115. The van der Waals surface area contributed by atoms with Crippen LogP contribution in [0.3, 0.4) is 0 Å².